The summed E-state index contributed by atoms with van der Waals surface area (Å²) in [6, 6.07) is 4.65. The molecule has 22 heavy (non-hydrogen) atoms. The van der Waals surface area contributed by atoms with Gasteiger partial charge in [0.05, 0.1) is 6.61 Å². The average Bonchev–Trinajstić information content (AvgIpc) is 2.50. The number of halogens is 1. The van der Waals surface area contributed by atoms with E-state index in [1.807, 2.05) is 6.92 Å². The molecule has 1 aliphatic rings. The van der Waals surface area contributed by atoms with Crippen LogP contribution in [0.1, 0.15) is 12.5 Å². The molecule has 1 heterocycles. The molecule has 0 aromatic heterocycles. The number of hydrogen-bond acceptors (Lipinski definition) is 4. The minimum Gasteiger partial charge on any atom is -0.493 e. The van der Waals surface area contributed by atoms with Gasteiger partial charge in [0.15, 0.2) is 0 Å². The lowest BCUT2D eigenvalue weighted by Gasteiger charge is -2.29. The minimum atomic E-state index is -0.647. The molecular formula is C15H15BrN2O4. The van der Waals surface area contributed by atoms with Gasteiger partial charge in [0.25, 0.3) is 11.8 Å². The Hall–Kier alpha value is -2.15. The lowest BCUT2D eigenvalue weighted by molar-refractivity contribution is -0.134. The number of likely N-dealkylation sites (N-methyl/N-ethyl adjacent to an activating group) is 2. The molecule has 4 amide bonds. The molecule has 0 bridgehead atoms. The third-order valence-corrected chi connectivity index (χ3v) is 3.71. The van der Waals surface area contributed by atoms with E-state index >= 15 is 0 Å². The normalized spacial score (nSPS) is 15.5. The Labute approximate surface area is 136 Å². The van der Waals surface area contributed by atoms with Gasteiger partial charge in [-0.05, 0) is 31.2 Å². The Bertz CT molecular complexity index is 658. The van der Waals surface area contributed by atoms with Crippen molar-refractivity contribution in [3.63, 3.8) is 0 Å². The summed E-state index contributed by atoms with van der Waals surface area (Å²) < 4.78 is 6.28. The SMILES string of the molecule is CCOc1ccc(Br)cc1C=C1C(=O)N(C)C(=O)N(C)C1=O. The first kappa shape index (κ1) is 16.2. The van der Waals surface area contributed by atoms with E-state index in [1.54, 1.807) is 18.2 Å². The lowest BCUT2D eigenvalue weighted by atomic mass is 10.1. The predicted molar refractivity (Wildman–Crippen MR) is 84.2 cm³/mol. The van der Waals surface area contributed by atoms with E-state index in [0.29, 0.717) is 17.9 Å². The van der Waals surface area contributed by atoms with E-state index in [4.69, 9.17) is 4.74 Å². The maximum absolute atomic E-state index is 12.2. The van der Waals surface area contributed by atoms with Gasteiger partial charge < -0.3 is 4.74 Å². The number of nitrogens with zero attached hydrogens (tertiary/aromatic N) is 2. The maximum Gasteiger partial charge on any atom is 0.333 e. The fraction of sp³-hybridized carbons (Fsp3) is 0.267. The van der Waals surface area contributed by atoms with Gasteiger partial charge in [-0.15, -0.1) is 0 Å². The van der Waals surface area contributed by atoms with Gasteiger partial charge in [0.2, 0.25) is 0 Å². The number of imide groups is 2. The Morgan fingerprint density at radius 2 is 1.73 bits per heavy atom. The van der Waals surface area contributed by atoms with Crippen LogP contribution >= 0.6 is 15.9 Å². The second-order valence-corrected chi connectivity index (χ2v) is 5.60. The van der Waals surface area contributed by atoms with Crippen molar-refractivity contribution in [2.75, 3.05) is 20.7 Å². The van der Waals surface area contributed by atoms with E-state index in [2.05, 4.69) is 15.9 Å². The monoisotopic (exact) mass is 366 g/mol. The number of rotatable bonds is 3. The number of benzene rings is 1. The zero-order chi connectivity index (χ0) is 16.4. The van der Waals surface area contributed by atoms with Crippen LogP contribution in [-0.4, -0.2) is 48.3 Å². The van der Waals surface area contributed by atoms with Crippen LogP contribution in [0.5, 0.6) is 5.75 Å². The Morgan fingerprint density at radius 1 is 1.14 bits per heavy atom. The summed E-state index contributed by atoms with van der Waals surface area (Å²) in [5, 5.41) is 0. The van der Waals surface area contributed by atoms with Crippen LogP contribution in [0.15, 0.2) is 28.2 Å². The van der Waals surface area contributed by atoms with Gasteiger partial charge in [0, 0.05) is 24.1 Å². The van der Waals surface area contributed by atoms with Crippen molar-refractivity contribution in [3.8, 4) is 5.75 Å². The van der Waals surface area contributed by atoms with Crippen LogP contribution in [0.3, 0.4) is 0 Å². The molecule has 1 aromatic carbocycles. The number of urea groups is 1. The third kappa shape index (κ3) is 2.89. The molecule has 0 atom stereocenters. The first-order valence-corrected chi connectivity index (χ1v) is 7.40. The molecule has 0 spiro atoms. The number of amides is 4. The van der Waals surface area contributed by atoms with Crippen LogP contribution < -0.4 is 4.74 Å². The summed E-state index contributed by atoms with van der Waals surface area (Å²) in [5.74, 6) is -0.702. The average molecular weight is 367 g/mol. The maximum atomic E-state index is 12.2. The summed E-state index contributed by atoms with van der Waals surface area (Å²) in [5.41, 5.74) is 0.507. The van der Waals surface area contributed by atoms with E-state index < -0.39 is 17.8 Å². The van der Waals surface area contributed by atoms with Crippen molar-refractivity contribution in [2.45, 2.75) is 6.92 Å². The fourth-order valence-corrected chi connectivity index (χ4v) is 2.43. The Kier molecular flexibility index (Phi) is 4.65. The van der Waals surface area contributed by atoms with Gasteiger partial charge in [-0.3, -0.25) is 19.4 Å². The van der Waals surface area contributed by atoms with E-state index in [-0.39, 0.29) is 5.57 Å². The summed E-state index contributed by atoms with van der Waals surface area (Å²) in [6.07, 6.45) is 1.44. The molecule has 6 nitrogen and oxygen atoms in total. The largest absolute Gasteiger partial charge is 0.493 e. The summed E-state index contributed by atoms with van der Waals surface area (Å²) in [7, 11) is 2.68. The molecular weight excluding hydrogens is 352 g/mol. The van der Waals surface area contributed by atoms with Crippen molar-refractivity contribution in [1.82, 2.24) is 9.80 Å². The van der Waals surface area contributed by atoms with Crippen molar-refractivity contribution in [3.05, 3.63) is 33.8 Å². The van der Waals surface area contributed by atoms with E-state index in [9.17, 15) is 14.4 Å². The van der Waals surface area contributed by atoms with Crippen LogP contribution in [-0.2, 0) is 9.59 Å². The molecule has 1 aliphatic heterocycles. The second-order valence-electron chi connectivity index (χ2n) is 4.68. The van der Waals surface area contributed by atoms with Gasteiger partial charge in [-0.2, -0.15) is 0 Å². The van der Waals surface area contributed by atoms with Crippen molar-refractivity contribution < 1.29 is 19.1 Å². The minimum absolute atomic E-state index is 0.0800. The standard InChI is InChI=1S/C15H15BrN2O4/c1-4-22-12-6-5-10(16)7-9(12)8-11-13(19)17(2)15(21)18(3)14(11)20/h5-8H,4H2,1-3H3. The Balaban J connectivity index is 2.52. The molecule has 1 aromatic rings. The highest BCUT2D eigenvalue weighted by Gasteiger charge is 2.37. The molecule has 0 saturated carbocycles. The fourth-order valence-electron chi connectivity index (χ4n) is 2.05. The number of hydrogen-bond donors (Lipinski definition) is 0. The molecule has 7 heteroatoms. The summed E-state index contributed by atoms with van der Waals surface area (Å²) >= 11 is 3.35. The van der Waals surface area contributed by atoms with Gasteiger partial charge >= 0.3 is 6.03 Å². The van der Waals surface area contributed by atoms with Gasteiger partial charge in [-0.25, -0.2) is 4.79 Å². The molecule has 0 aliphatic carbocycles. The van der Waals surface area contributed by atoms with Crippen LogP contribution in [0.25, 0.3) is 6.08 Å². The highest BCUT2D eigenvalue weighted by Crippen LogP contribution is 2.27. The number of ether oxygens (including phenoxy) is 1. The molecule has 116 valence electrons. The number of barbiturate groups is 1. The molecule has 0 unspecified atom stereocenters. The Morgan fingerprint density at radius 3 is 2.27 bits per heavy atom. The summed E-state index contributed by atoms with van der Waals surface area (Å²) in [6.45, 7) is 2.30. The zero-order valence-electron chi connectivity index (χ0n) is 12.4. The highest BCUT2D eigenvalue weighted by molar-refractivity contribution is 9.10. The van der Waals surface area contributed by atoms with Crippen LogP contribution in [0.2, 0.25) is 0 Å². The quantitative estimate of drug-likeness (QED) is 0.607. The van der Waals surface area contributed by atoms with Gasteiger partial charge in [-0.1, -0.05) is 15.9 Å². The molecule has 0 N–H and O–H groups in total. The first-order valence-electron chi connectivity index (χ1n) is 6.61. The van der Waals surface area contributed by atoms with Crippen molar-refractivity contribution in [1.29, 1.82) is 0 Å². The van der Waals surface area contributed by atoms with E-state index in [1.165, 1.54) is 20.2 Å². The topological polar surface area (TPSA) is 66.9 Å². The van der Waals surface area contributed by atoms with Crippen LogP contribution in [0, 0.1) is 0 Å². The zero-order valence-corrected chi connectivity index (χ0v) is 14.0. The predicted octanol–water partition coefficient (Wildman–Crippen LogP) is 2.28. The van der Waals surface area contributed by atoms with Crippen LogP contribution in [0.4, 0.5) is 4.79 Å². The first-order chi connectivity index (χ1) is 10.4. The number of carbonyl (C=O) groups excluding carboxylic acids is 3. The van der Waals surface area contributed by atoms with Crippen molar-refractivity contribution in [2.24, 2.45) is 0 Å². The molecule has 2 rings (SSSR count). The second kappa shape index (κ2) is 6.31. The summed E-state index contributed by atoms with van der Waals surface area (Å²) in [4.78, 5) is 37.9. The van der Waals surface area contributed by atoms with E-state index in [0.717, 1.165) is 14.3 Å². The smallest absolute Gasteiger partial charge is 0.333 e. The lowest BCUT2D eigenvalue weighted by Crippen LogP contribution is -2.52. The van der Waals surface area contributed by atoms with Gasteiger partial charge in [0.1, 0.15) is 11.3 Å². The highest BCUT2D eigenvalue weighted by atomic mass is 79.9. The van der Waals surface area contributed by atoms with Crippen molar-refractivity contribution >= 4 is 39.9 Å². The number of carbonyl (C=O) groups is 3. The molecule has 1 fully saturated rings. The molecule has 1 saturated heterocycles. The third-order valence-electron chi connectivity index (χ3n) is 3.22. The molecule has 0 radical (unpaired) electrons.